The van der Waals surface area contributed by atoms with Crippen LogP contribution in [0, 0.1) is 5.92 Å². The fraction of sp³-hybridized carbons (Fsp3) is 0.462. The van der Waals surface area contributed by atoms with Crippen LogP contribution in [0.3, 0.4) is 0 Å². The molecule has 2 atom stereocenters. The van der Waals surface area contributed by atoms with Gasteiger partial charge in [0.1, 0.15) is 0 Å². The van der Waals surface area contributed by atoms with E-state index in [9.17, 15) is 13.2 Å². The minimum atomic E-state index is -3.30. The summed E-state index contributed by atoms with van der Waals surface area (Å²) >= 11 is 0. The number of rotatable bonds is 5. The molecule has 4 N–H and O–H groups in total. The van der Waals surface area contributed by atoms with E-state index in [0.29, 0.717) is 24.6 Å². The van der Waals surface area contributed by atoms with Crippen molar-refractivity contribution in [2.45, 2.75) is 13.0 Å². The molecule has 1 aromatic carbocycles. The van der Waals surface area contributed by atoms with Crippen LogP contribution >= 0.6 is 0 Å². The number of amides is 1. The van der Waals surface area contributed by atoms with Gasteiger partial charge in [0.25, 0.3) is 0 Å². The molecule has 0 aliphatic carbocycles. The highest BCUT2D eigenvalue weighted by Gasteiger charge is 2.31. The largest absolute Gasteiger partial charge is 0.379 e. The van der Waals surface area contributed by atoms with E-state index >= 15 is 0 Å². The van der Waals surface area contributed by atoms with Gasteiger partial charge in [-0.3, -0.25) is 9.52 Å². The zero-order valence-corrected chi connectivity index (χ0v) is 12.5. The molecular formula is C13H19N3O4S. The first-order chi connectivity index (χ1) is 9.91. The lowest BCUT2D eigenvalue weighted by atomic mass is 10.0. The first-order valence-electron chi connectivity index (χ1n) is 6.66. The van der Waals surface area contributed by atoms with Gasteiger partial charge in [-0.05, 0) is 31.2 Å². The van der Waals surface area contributed by atoms with Crippen molar-refractivity contribution in [1.82, 2.24) is 0 Å². The standard InChI is InChI=1S/C13H19N3O4S/c1-2-21(18,19)16-10-5-3-9(4-6-10)15-13(17)11-7-20-8-12(11)14/h3-6,11-12,16H,2,7-8,14H2,1H3,(H,15,17). The van der Waals surface area contributed by atoms with E-state index in [1.165, 1.54) is 0 Å². The summed E-state index contributed by atoms with van der Waals surface area (Å²) in [5.41, 5.74) is 6.82. The van der Waals surface area contributed by atoms with Crippen molar-refractivity contribution >= 4 is 27.3 Å². The maximum Gasteiger partial charge on any atom is 0.232 e. The van der Waals surface area contributed by atoms with Gasteiger partial charge in [-0.25, -0.2) is 8.42 Å². The first kappa shape index (κ1) is 15.7. The van der Waals surface area contributed by atoms with Gasteiger partial charge in [-0.2, -0.15) is 0 Å². The molecular weight excluding hydrogens is 294 g/mol. The van der Waals surface area contributed by atoms with Crippen LogP contribution in [0.15, 0.2) is 24.3 Å². The van der Waals surface area contributed by atoms with Gasteiger partial charge in [0, 0.05) is 17.4 Å². The van der Waals surface area contributed by atoms with Crippen molar-refractivity contribution in [3.8, 4) is 0 Å². The highest BCUT2D eigenvalue weighted by atomic mass is 32.2. The number of sulfonamides is 1. The summed E-state index contributed by atoms with van der Waals surface area (Å²) in [5, 5.41) is 2.74. The summed E-state index contributed by atoms with van der Waals surface area (Å²) in [6.07, 6.45) is 0. The van der Waals surface area contributed by atoms with Crippen molar-refractivity contribution in [1.29, 1.82) is 0 Å². The second kappa shape index (κ2) is 6.42. The van der Waals surface area contributed by atoms with E-state index in [2.05, 4.69) is 10.0 Å². The molecule has 0 bridgehead atoms. The zero-order valence-electron chi connectivity index (χ0n) is 11.7. The molecule has 21 heavy (non-hydrogen) atoms. The Bertz CT molecular complexity index is 600. The third-order valence-corrected chi connectivity index (χ3v) is 4.57. The summed E-state index contributed by atoms with van der Waals surface area (Å²) in [6.45, 7) is 2.26. The molecule has 1 aliphatic heterocycles. The van der Waals surface area contributed by atoms with E-state index in [-0.39, 0.29) is 23.6 Å². The molecule has 1 amide bonds. The SMILES string of the molecule is CCS(=O)(=O)Nc1ccc(NC(=O)C2COCC2N)cc1. The fourth-order valence-corrected chi connectivity index (χ4v) is 2.59. The van der Waals surface area contributed by atoms with Crippen LogP contribution in [0.25, 0.3) is 0 Å². The van der Waals surface area contributed by atoms with Crippen LogP contribution < -0.4 is 15.8 Å². The molecule has 7 nitrogen and oxygen atoms in total. The number of carbonyl (C=O) groups is 1. The lowest BCUT2D eigenvalue weighted by Gasteiger charge is -2.13. The molecule has 0 radical (unpaired) electrons. The summed E-state index contributed by atoms with van der Waals surface area (Å²) < 4.78 is 30.4. The molecule has 0 spiro atoms. The zero-order chi connectivity index (χ0) is 15.5. The van der Waals surface area contributed by atoms with Gasteiger partial charge in [-0.1, -0.05) is 0 Å². The molecule has 1 heterocycles. The van der Waals surface area contributed by atoms with Crippen LogP contribution in [-0.2, 0) is 19.6 Å². The van der Waals surface area contributed by atoms with E-state index in [4.69, 9.17) is 10.5 Å². The number of benzene rings is 1. The Hall–Kier alpha value is -1.64. The molecule has 8 heteroatoms. The lowest BCUT2D eigenvalue weighted by Crippen LogP contribution is -2.37. The predicted octanol–water partition coefficient (Wildman–Crippen LogP) is 0.360. The Kier molecular flexibility index (Phi) is 4.81. The van der Waals surface area contributed by atoms with Crippen molar-refractivity contribution in [3.05, 3.63) is 24.3 Å². The van der Waals surface area contributed by atoms with E-state index in [0.717, 1.165) is 0 Å². The van der Waals surface area contributed by atoms with Gasteiger partial charge in [0.05, 0.1) is 24.9 Å². The Morgan fingerprint density at radius 2 is 1.90 bits per heavy atom. The Labute approximate surface area is 123 Å². The van der Waals surface area contributed by atoms with Gasteiger partial charge in [0.15, 0.2) is 0 Å². The number of hydrogen-bond acceptors (Lipinski definition) is 5. The van der Waals surface area contributed by atoms with Gasteiger partial charge < -0.3 is 15.8 Å². The topological polar surface area (TPSA) is 111 Å². The molecule has 0 saturated carbocycles. The van der Waals surface area contributed by atoms with Gasteiger partial charge in [0.2, 0.25) is 15.9 Å². The van der Waals surface area contributed by atoms with Gasteiger partial charge in [-0.15, -0.1) is 0 Å². The highest BCUT2D eigenvalue weighted by Crippen LogP contribution is 2.18. The highest BCUT2D eigenvalue weighted by molar-refractivity contribution is 7.92. The normalized spacial score (nSPS) is 22.0. The molecule has 2 unspecified atom stereocenters. The summed E-state index contributed by atoms with van der Waals surface area (Å²) in [6, 6.07) is 6.15. The second-order valence-electron chi connectivity index (χ2n) is 4.88. The summed E-state index contributed by atoms with van der Waals surface area (Å²) in [7, 11) is -3.30. The van der Waals surface area contributed by atoms with Crippen molar-refractivity contribution in [3.63, 3.8) is 0 Å². The molecule has 116 valence electrons. The van der Waals surface area contributed by atoms with E-state index in [1.807, 2.05) is 0 Å². The maximum absolute atomic E-state index is 12.0. The molecule has 2 rings (SSSR count). The Balaban J connectivity index is 1.98. The molecule has 1 aliphatic rings. The average molecular weight is 313 g/mol. The number of nitrogens with one attached hydrogen (secondary N) is 2. The van der Waals surface area contributed by atoms with Gasteiger partial charge >= 0.3 is 0 Å². The number of ether oxygens (including phenoxy) is 1. The van der Waals surface area contributed by atoms with Crippen LogP contribution in [0.1, 0.15) is 6.92 Å². The lowest BCUT2D eigenvalue weighted by molar-refractivity contribution is -0.120. The predicted molar refractivity (Wildman–Crippen MR) is 80.4 cm³/mol. The Morgan fingerprint density at radius 3 is 2.43 bits per heavy atom. The quantitative estimate of drug-likeness (QED) is 0.727. The van der Waals surface area contributed by atoms with E-state index < -0.39 is 10.0 Å². The number of carbonyl (C=O) groups excluding carboxylic acids is 1. The molecule has 0 aromatic heterocycles. The summed E-state index contributed by atoms with van der Waals surface area (Å²) in [5.74, 6) is -0.546. The van der Waals surface area contributed by atoms with Crippen molar-refractivity contribution < 1.29 is 17.9 Å². The van der Waals surface area contributed by atoms with Crippen LogP contribution in [0.4, 0.5) is 11.4 Å². The van der Waals surface area contributed by atoms with Crippen molar-refractivity contribution in [2.24, 2.45) is 11.7 Å². The van der Waals surface area contributed by atoms with Crippen LogP contribution in [-0.4, -0.2) is 39.3 Å². The molecule has 1 aromatic rings. The van der Waals surface area contributed by atoms with Crippen molar-refractivity contribution in [2.75, 3.05) is 29.0 Å². The third kappa shape index (κ3) is 4.16. The van der Waals surface area contributed by atoms with Crippen LogP contribution in [0.2, 0.25) is 0 Å². The third-order valence-electron chi connectivity index (χ3n) is 3.27. The minimum Gasteiger partial charge on any atom is -0.379 e. The minimum absolute atomic E-state index is 0.00502. The summed E-state index contributed by atoms with van der Waals surface area (Å²) in [4.78, 5) is 12.0. The average Bonchev–Trinajstić information content (AvgIpc) is 2.87. The fourth-order valence-electron chi connectivity index (χ4n) is 1.95. The maximum atomic E-state index is 12.0. The number of nitrogens with two attached hydrogens (primary N) is 1. The second-order valence-corrected chi connectivity index (χ2v) is 6.89. The Morgan fingerprint density at radius 1 is 1.29 bits per heavy atom. The number of anilines is 2. The number of hydrogen-bond donors (Lipinski definition) is 3. The first-order valence-corrected chi connectivity index (χ1v) is 8.31. The van der Waals surface area contributed by atoms with E-state index in [1.54, 1.807) is 31.2 Å². The monoisotopic (exact) mass is 313 g/mol. The molecule has 1 fully saturated rings. The molecule has 1 saturated heterocycles. The van der Waals surface area contributed by atoms with Crippen LogP contribution in [0.5, 0.6) is 0 Å². The smallest absolute Gasteiger partial charge is 0.232 e.